The highest BCUT2D eigenvalue weighted by atomic mass is 19.4. The van der Waals surface area contributed by atoms with Crippen LogP contribution in [0.2, 0.25) is 0 Å². The molecule has 0 saturated heterocycles. The lowest BCUT2D eigenvalue weighted by atomic mass is 9.56. The van der Waals surface area contributed by atoms with Crippen LogP contribution in [0.15, 0.2) is 0 Å². The van der Waals surface area contributed by atoms with E-state index in [2.05, 4.69) is 0 Å². The van der Waals surface area contributed by atoms with Crippen LogP contribution >= 0.6 is 0 Å². The van der Waals surface area contributed by atoms with Gasteiger partial charge in [0.05, 0.1) is 24.4 Å². The van der Waals surface area contributed by atoms with Gasteiger partial charge in [0, 0.05) is 24.2 Å². The number of alkyl halides is 12. The Morgan fingerprint density at radius 3 is 0.600 bits per heavy atom. The van der Waals surface area contributed by atoms with E-state index in [1.165, 1.54) is 0 Å². The zero-order valence-corrected chi connectivity index (χ0v) is 27.0. The first-order valence-corrected chi connectivity index (χ1v) is 16.7. The third-order valence-corrected chi connectivity index (χ3v) is 11.9. The van der Waals surface area contributed by atoms with E-state index in [1.54, 1.807) is 0 Å². The van der Waals surface area contributed by atoms with Crippen LogP contribution in [-0.4, -0.2) is 93.7 Å². The van der Waals surface area contributed by atoms with E-state index in [9.17, 15) is 73.1 Å². The highest BCUT2D eigenvalue weighted by Crippen LogP contribution is 2.66. The van der Waals surface area contributed by atoms with Crippen molar-refractivity contribution in [3.05, 3.63) is 0 Å². The van der Waals surface area contributed by atoms with Gasteiger partial charge in [-0.15, -0.1) is 0 Å². The van der Waals surface area contributed by atoms with Gasteiger partial charge in [0.25, 0.3) is 0 Å². The lowest BCUT2D eigenvalue weighted by Crippen LogP contribution is -2.63. The minimum absolute atomic E-state index is 0.207. The van der Waals surface area contributed by atoms with E-state index in [0.29, 0.717) is 0 Å². The van der Waals surface area contributed by atoms with Crippen molar-refractivity contribution < 1.29 is 73.1 Å². The SMILES string of the molecule is NC1CC(C(C2CCC(O)C(N)C2)(C(F)(F)F)C(F)(F)F)CCC1O.NC1CC(C(C2CCC(O)C(N)C2)(C(F)(F)F)C(F)(F)F)CCC1O. The molecule has 4 fully saturated rings. The summed E-state index contributed by atoms with van der Waals surface area (Å²) in [6, 6.07) is -4.53. The van der Waals surface area contributed by atoms with Crippen LogP contribution in [0.1, 0.15) is 77.0 Å². The molecule has 0 aromatic rings. The molecule has 20 heteroatoms. The van der Waals surface area contributed by atoms with Crippen molar-refractivity contribution in [3.8, 4) is 0 Å². The summed E-state index contributed by atoms with van der Waals surface area (Å²) in [6.45, 7) is 0. The quantitative estimate of drug-likeness (QED) is 0.197. The summed E-state index contributed by atoms with van der Waals surface area (Å²) in [5.41, 5.74) is 14.5. The average Bonchev–Trinajstić information content (AvgIpc) is 2.94. The van der Waals surface area contributed by atoms with Crippen molar-refractivity contribution in [2.45, 2.75) is 150 Å². The molecule has 0 aromatic carbocycles. The van der Waals surface area contributed by atoms with Crippen molar-refractivity contribution in [3.63, 3.8) is 0 Å². The molecule has 0 radical (unpaired) electrons. The Morgan fingerprint density at radius 2 is 0.480 bits per heavy atom. The summed E-state index contributed by atoms with van der Waals surface area (Å²) < 4.78 is 168. The number of aliphatic hydroxyl groups is 4. The Bertz CT molecular complexity index is 940. The predicted octanol–water partition coefficient (Wildman–Crippen LogP) is 4.15. The second kappa shape index (κ2) is 15.3. The van der Waals surface area contributed by atoms with Gasteiger partial charge in [-0.25, -0.2) is 0 Å². The zero-order valence-electron chi connectivity index (χ0n) is 27.0. The highest BCUT2D eigenvalue weighted by molar-refractivity contribution is 5.09. The molecular formula is C30H48F12N4O4. The molecule has 0 bridgehead atoms. The number of rotatable bonds is 4. The Kier molecular flexibility index (Phi) is 13.2. The standard InChI is InChI=1S/2C15H24F6N2O2/c2*16-14(17,18)13(15(19,20)21,7-1-3-11(24)9(22)5-7)8-2-4-12(25)10(23)6-8/h2*7-12,24-25H,1-6,22-23H2. The molecule has 0 aliphatic heterocycles. The molecule has 0 aromatic heterocycles. The third-order valence-electron chi connectivity index (χ3n) is 11.9. The van der Waals surface area contributed by atoms with Crippen molar-refractivity contribution in [2.24, 2.45) is 57.4 Å². The number of halogens is 12. The molecule has 4 aliphatic rings. The lowest BCUT2D eigenvalue weighted by Gasteiger charge is -2.52. The molecule has 4 rings (SSSR count). The Balaban J connectivity index is 0.000000270. The average molecular weight is 757 g/mol. The smallest absolute Gasteiger partial charge is 0.392 e. The van der Waals surface area contributed by atoms with E-state index in [4.69, 9.17) is 22.9 Å². The fraction of sp³-hybridized carbons (Fsp3) is 1.00. The van der Waals surface area contributed by atoms with Gasteiger partial charge >= 0.3 is 24.7 Å². The van der Waals surface area contributed by atoms with Crippen LogP contribution in [-0.2, 0) is 0 Å². The summed E-state index contributed by atoms with van der Waals surface area (Å²) in [4.78, 5) is 0. The van der Waals surface area contributed by atoms with E-state index < -0.39 is 159 Å². The van der Waals surface area contributed by atoms with Gasteiger partial charge in [0.2, 0.25) is 0 Å². The van der Waals surface area contributed by atoms with Gasteiger partial charge in [0.1, 0.15) is 0 Å². The predicted molar refractivity (Wildman–Crippen MR) is 154 cm³/mol. The molecule has 4 aliphatic carbocycles. The Morgan fingerprint density at radius 1 is 0.320 bits per heavy atom. The molecule has 4 saturated carbocycles. The second-order valence-corrected chi connectivity index (χ2v) is 14.7. The summed E-state index contributed by atoms with van der Waals surface area (Å²) in [5, 5.41) is 38.5. The number of hydrogen-bond donors (Lipinski definition) is 8. The van der Waals surface area contributed by atoms with Gasteiger partial charge in [-0.05, 0) is 101 Å². The Hall–Kier alpha value is -1.16. The highest BCUT2D eigenvalue weighted by Gasteiger charge is 2.78. The molecule has 0 amide bonds. The second-order valence-electron chi connectivity index (χ2n) is 14.7. The van der Waals surface area contributed by atoms with Crippen molar-refractivity contribution >= 4 is 0 Å². The fourth-order valence-corrected chi connectivity index (χ4v) is 9.25. The number of hydrogen-bond acceptors (Lipinski definition) is 8. The maximum Gasteiger partial charge on any atom is 0.403 e. The number of nitrogens with two attached hydrogens (primary N) is 4. The van der Waals surface area contributed by atoms with E-state index in [-0.39, 0.29) is 25.7 Å². The topological polar surface area (TPSA) is 185 Å². The van der Waals surface area contributed by atoms with E-state index in [0.717, 1.165) is 0 Å². The molecule has 12 atom stereocenters. The van der Waals surface area contributed by atoms with Crippen LogP contribution in [0.25, 0.3) is 0 Å². The molecular weight excluding hydrogens is 708 g/mol. The van der Waals surface area contributed by atoms with Crippen molar-refractivity contribution in [2.75, 3.05) is 0 Å². The maximum atomic E-state index is 14.0. The summed E-state index contributed by atoms with van der Waals surface area (Å²) in [7, 11) is 0. The molecule has 50 heavy (non-hydrogen) atoms. The first-order chi connectivity index (χ1) is 22.6. The zero-order chi connectivity index (χ0) is 38.4. The largest absolute Gasteiger partial charge is 0.403 e. The molecule has 12 unspecified atom stereocenters. The maximum absolute atomic E-state index is 14.0. The molecule has 0 spiro atoms. The van der Waals surface area contributed by atoms with Crippen LogP contribution < -0.4 is 22.9 Å². The van der Waals surface area contributed by atoms with E-state index in [1.807, 2.05) is 0 Å². The van der Waals surface area contributed by atoms with Gasteiger partial charge in [-0.2, -0.15) is 52.7 Å². The van der Waals surface area contributed by atoms with E-state index >= 15 is 0 Å². The van der Waals surface area contributed by atoms with Gasteiger partial charge < -0.3 is 43.4 Å². The van der Waals surface area contributed by atoms with Crippen LogP contribution in [0.5, 0.6) is 0 Å². The summed E-state index contributed by atoms with van der Waals surface area (Å²) >= 11 is 0. The first-order valence-electron chi connectivity index (χ1n) is 16.7. The first kappa shape index (κ1) is 43.2. The normalized spacial score (nSPS) is 38.6. The molecule has 0 heterocycles. The Labute approximate surface area is 281 Å². The van der Waals surface area contributed by atoms with Gasteiger partial charge in [-0.3, -0.25) is 0 Å². The monoisotopic (exact) mass is 756 g/mol. The van der Waals surface area contributed by atoms with Gasteiger partial charge in [0.15, 0.2) is 10.8 Å². The van der Waals surface area contributed by atoms with Crippen molar-refractivity contribution in [1.29, 1.82) is 0 Å². The molecule has 8 nitrogen and oxygen atoms in total. The molecule has 296 valence electrons. The van der Waals surface area contributed by atoms with Crippen LogP contribution in [0, 0.1) is 34.5 Å². The minimum Gasteiger partial charge on any atom is -0.392 e. The summed E-state index contributed by atoms with van der Waals surface area (Å²) in [5.74, 6) is -7.12. The van der Waals surface area contributed by atoms with Crippen LogP contribution in [0.3, 0.4) is 0 Å². The number of aliphatic hydroxyl groups excluding tert-OH is 4. The summed E-state index contributed by atoms with van der Waals surface area (Å²) in [6.07, 6.45) is -31.3. The van der Waals surface area contributed by atoms with Crippen LogP contribution in [0.4, 0.5) is 52.7 Å². The van der Waals surface area contributed by atoms with Gasteiger partial charge in [-0.1, -0.05) is 0 Å². The minimum atomic E-state index is -5.54. The fourth-order valence-electron chi connectivity index (χ4n) is 9.25. The third kappa shape index (κ3) is 8.01. The molecule has 12 N–H and O–H groups in total. The van der Waals surface area contributed by atoms with Crippen molar-refractivity contribution in [1.82, 2.24) is 0 Å². The lowest BCUT2D eigenvalue weighted by molar-refractivity contribution is -0.384.